The van der Waals surface area contributed by atoms with Gasteiger partial charge in [-0.15, -0.1) is 0 Å². The number of carbonyl (C=O) groups is 1. The van der Waals surface area contributed by atoms with Crippen LogP contribution in [0.1, 0.15) is 19.3 Å². The molecule has 2 aliphatic rings. The Morgan fingerprint density at radius 1 is 1.41 bits per heavy atom. The molecule has 1 saturated heterocycles. The fourth-order valence-electron chi connectivity index (χ4n) is 2.18. The van der Waals surface area contributed by atoms with E-state index in [9.17, 15) is 9.90 Å². The number of rotatable bonds is 5. The van der Waals surface area contributed by atoms with Crippen LogP contribution in [0.4, 0.5) is 0 Å². The zero-order valence-corrected chi connectivity index (χ0v) is 10.2. The van der Waals surface area contributed by atoms with Gasteiger partial charge in [-0.2, -0.15) is 0 Å². The van der Waals surface area contributed by atoms with Crippen LogP contribution in [-0.4, -0.2) is 61.4 Å². The molecule has 1 amide bonds. The Morgan fingerprint density at radius 3 is 2.71 bits per heavy atom. The average Bonchev–Trinajstić information content (AvgIpc) is 2.25. The Balaban J connectivity index is 1.59. The van der Waals surface area contributed by atoms with Crippen LogP contribution in [0.2, 0.25) is 0 Å². The van der Waals surface area contributed by atoms with Gasteiger partial charge in [-0.1, -0.05) is 6.42 Å². The van der Waals surface area contributed by atoms with Crippen molar-refractivity contribution in [2.75, 3.05) is 39.4 Å². The van der Waals surface area contributed by atoms with Crippen molar-refractivity contribution < 1.29 is 14.6 Å². The topological polar surface area (TPSA) is 61.8 Å². The SMILES string of the molecule is O=C(NCC(O)CN1CCOCC1)C1CCC1. The highest BCUT2D eigenvalue weighted by Crippen LogP contribution is 2.26. The number of nitrogens with one attached hydrogen (secondary N) is 1. The summed E-state index contributed by atoms with van der Waals surface area (Å²) in [5.74, 6) is 0.308. The number of amides is 1. The van der Waals surface area contributed by atoms with E-state index < -0.39 is 6.10 Å². The zero-order valence-electron chi connectivity index (χ0n) is 10.2. The molecule has 5 heteroatoms. The van der Waals surface area contributed by atoms with Gasteiger partial charge >= 0.3 is 0 Å². The van der Waals surface area contributed by atoms with Gasteiger partial charge in [-0.05, 0) is 12.8 Å². The molecule has 2 fully saturated rings. The molecule has 0 spiro atoms. The molecule has 0 aromatic rings. The molecule has 98 valence electrons. The number of β-amino-alcohol motifs (C(OH)–C–C–N with tert-alkyl or cyclic N) is 1. The first-order valence-electron chi connectivity index (χ1n) is 6.51. The van der Waals surface area contributed by atoms with E-state index in [1.165, 1.54) is 0 Å². The standard InChI is InChI=1S/C12H22N2O3/c15-11(9-14-4-6-17-7-5-14)8-13-12(16)10-2-1-3-10/h10-11,15H,1-9H2,(H,13,16). The van der Waals surface area contributed by atoms with Gasteiger partial charge < -0.3 is 15.2 Å². The molecule has 2 rings (SSSR count). The Kier molecular flexibility index (Phi) is 4.76. The number of nitrogens with zero attached hydrogens (tertiary/aromatic N) is 1. The van der Waals surface area contributed by atoms with Crippen LogP contribution in [0.5, 0.6) is 0 Å². The number of morpholine rings is 1. The second-order valence-electron chi connectivity index (χ2n) is 4.94. The van der Waals surface area contributed by atoms with Gasteiger partial charge in [-0.3, -0.25) is 9.69 Å². The van der Waals surface area contributed by atoms with Crippen molar-refractivity contribution in [3.63, 3.8) is 0 Å². The Morgan fingerprint density at radius 2 is 2.12 bits per heavy atom. The van der Waals surface area contributed by atoms with Crippen molar-refractivity contribution in [1.29, 1.82) is 0 Å². The Labute approximate surface area is 102 Å². The summed E-state index contributed by atoms with van der Waals surface area (Å²) < 4.78 is 5.24. The van der Waals surface area contributed by atoms with Gasteiger partial charge in [0.05, 0.1) is 19.3 Å². The molecule has 0 radical (unpaired) electrons. The highest BCUT2D eigenvalue weighted by Gasteiger charge is 2.25. The number of hydrogen-bond acceptors (Lipinski definition) is 4. The smallest absolute Gasteiger partial charge is 0.223 e. The average molecular weight is 242 g/mol. The predicted octanol–water partition coefficient (Wildman–Crippen LogP) is -0.404. The molecule has 1 saturated carbocycles. The second-order valence-corrected chi connectivity index (χ2v) is 4.94. The van der Waals surface area contributed by atoms with E-state index in [4.69, 9.17) is 4.74 Å². The van der Waals surface area contributed by atoms with Crippen molar-refractivity contribution in [1.82, 2.24) is 10.2 Å². The van der Waals surface area contributed by atoms with Gasteiger partial charge in [-0.25, -0.2) is 0 Å². The number of carbonyl (C=O) groups excluding carboxylic acids is 1. The normalized spacial score (nSPS) is 24.1. The third kappa shape index (κ3) is 3.94. The molecule has 1 aliphatic heterocycles. The lowest BCUT2D eigenvalue weighted by Gasteiger charge is -2.29. The first kappa shape index (κ1) is 12.8. The minimum absolute atomic E-state index is 0.109. The minimum atomic E-state index is -0.475. The van der Waals surface area contributed by atoms with Gasteiger partial charge in [0.15, 0.2) is 0 Å². The maximum atomic E-state index is 11.6. The second kappa shape index (κ2) is 6.33. The van der Waals surface area contributed by atoms with Crippen molar-refractivity contribution >= 4 is 5.91 Å². The lowest BCUT2D eigenvalue weighted by molar-refractivity contribution is -0.127. The third-order valence-electron chi connectivity index (χ3n) is 3.56. The molecule has 1 atom stereocenters. The van der Waals surface area contributed by atoms with Crippen molar-refractivity contribution in [3.8, 4) is 0 Å². The van der Waals surface area contributed by atoms with Crippen LogP contribution < -0.4 is 5.32 Å². The summed E-state index contributed by atoms with van der Waals surface area (Å²) in [7, 11) is 0. The minimum Gasteiger partial charge on any atom is -0.390 e. The summed E-state index contributed by atoms with van der Waals surface area (Å²) in [5, 5.41) is 12.7. The van der Waals surface area contributed by atoms with Gasteiger partial charge in [0, 0.05) is 32.1 Å². The van der Waals surface area contributed by atoms with E-state index >= 15 is 0 Å². The predicted molar refractivity (Wildman–Crippen MR) is 63.6 cm³/mol. The molecule has 0 aromatic carbocycles. The van der Waals surface area contributed by atoms with E-state index in [1.807, 2.05) is 0 Å². The molecule has 1 aliphatic carbocycles. The summed E-state index contributed by atoms with van der Waals surface area (Å²) in [6.07, 6.45) is 2.70. The van der Waals surface area contributed by atoms with Crippen LogP contribution in [0.25, 0.3) is 0 Å². The van der Waals surface area contributed by atoms with E-state index in [0.717, 1.165) is 45.6 Å². The van der Waals surface area contributed by atoms with Crippen molar-refractivity contribution in [2.45, 2.75) is 25.4 Å². The van der Waals surface area contributed by atoms with Crippen LogP contribution in [-0.2, 0) is 9.53 Å². The van der Waals surface area contributed by atoms with E-state index in [2.05, 4.69) is 10.2 Å². The van der Waals surface area contributed by atoms with Crippen molar-refractivity contribution in [3.05, 3.63) is 0 Å². The maximum Gasteiger partial charge on any atom is 0.223 e. The van der Waals surface area contributed by atoms with Crippen LogP contribution in [0, 0.1) is 5.92 Å². The number of ether oxygens (including phenoxy) is 1. The van der Waals surface area contributed by atoms with Gasteiger partial charge in [0.1, 0.15) is 0 Å². The highest BCUT2D eigenvalue weighted by molar-refractivity contribution is 5.79. The monoisotopic (exact) mass is 242 g/mol. The quantitative estimate of drug-likeness (QED) is 0.688. The molecular formula is C12H22N2O3. The molecule has 17 heavy (non-hydrogen) atoms. The van der Waals surface area contributed by atoms with Crippen molar-refractivity contribution in [2.24, 2.45) is 5.92 Å². The fraction of sp³-hybridized carbons (Fsp3) is 0.917. The first-order chi connectivity index (χ1) is 8.25. The lowest BCUT2D eigenvalue weighted by Crippen LogP contribution is -2.45. The van der Waals surface area contributed by atoms with E-state index in [-0.39, 0.29) is 11.8 Å². The van der Waals surface area contributed by atoms with Gasteiger partial charge in [0.2, 0.25) is 5.91 Å². The molecular weight excluding hydrogens is 220 g/mol. The largest absolute Gasteiger partial charge is 0.390 e. The summed E-state index contributed by atoms with van der Waals surface area (Å²) in [4.78, 5) is 13.7. The van der Waals surface area contributed by atoms with E-state index in [1.54, 1.807) is 0 Å². The Hall–Kier alpha value is -0.650. The highest BCUT2D eigenvalue weighted by atomic mass is 16.5. The van der Waals surface area contributed by atoms with Crippen LogP contribution >= 0.6 is 0 Å². The molecule has 1 unspecified atom stereocenters. The fourth-order valence-corrected chi connectivity index (χ4v) is 2.18. The lowest BCUT2D eigenvalue weighted by atomic mass is 9.85. The van der Waals surface area contributed by atoms with Gasteiger partial charge in [0.25, 0.3) is 0 Å². The zero-order chi connectivity index (χ0) is 12.1. The number of aliphatic hydroxyl groups excluding tert-OH is 1. The number of aliphatic hydroxyl groups is 1. The summed E-state index contributed by atoms with van der Waals surface area (Å²) in [6, 6.07) is 0. The number of hydrogen-bond donors (Lipinski definition) is 2. The maximum absolute atomic E-state index is 11.6. The molecule has 1 heterocycles. The van der Waals surface area contributed by atoms with Crippen LogP contribution in [0.15, 0.2) is 0 Å². The summed E-state index contributed by atoms with van der Waals surface area (Å²) in [6.45, 7) is 4.20. The van der Waals surface area contributed by atoms with E-state index in [0.29, 0.717) is 13.1 Å². The molecule has 0 bridgehead atoms. The summed E-state index contributed by atoms with van der Waals surface area (Å²) >= 11 is 0. The summed E-state index contributed by atoms with van der Waals surface area (Å²) in [5.41, 5.74) is 0. The first-order valence-corrected chi connectivity index (χ1v) is 6.51. The molecule has 2 N–H and O–H groups in total. The molecule has 5 nitrogen and oxygen atoms in total. The third-order valence-corrected chi connectivity index (χ3v) is 3.56. The Bertz CT molecular complexity index is 250. The molecule has 0 aromatic heterocycles. The van der Waals surface area contributed by atoms with Crippen LogP contribution in [0.3, 0.4) is 0 Å².